The highest BCUT2D eigenvalue weighted by Gasteiger charge is 2.58. The molecule has 11 N–H and O–H groups in total. The summed E-state index contributed by atoms with van der Waals surface area (Å²) in [5, 5.41) is 110. The lowest BCUT2D eigenvalue weighted by atomic mass is 9.84. The second-order valence-corrected chi connectivity index (χ2v) is 27.0. The number of hydrogen-bond acceptors (Lipinski definition) is 23. The van der Waals surface area contributed by atoms with Crippen molar-refractivity contribution in [1.82, 2.24) is 0 Å². The van der Waals surface area contributed by atoms with Gasteiger partial charge in [-0.1, -0.05) is 193 Å². The Hall–Kier alpha value is -2.56. The van der Waals surface area contributed by atoms with Crippen LogP contribution in [0.1, 0.15) is 258 Å². The number of aliphatic hydroxyl groups is 10. The van der Waals surface area contributed by atoms with Gasteiger partial charge in [0.2, 0.25) is 0 Å². The Morgan fingerprint density at radius 3 is 1.17 bits per heavy atom. The van der Waals surface area contributed by atoms with E-state index in [2.05, 4.69) is 45.1 Å². The van der Waals surface area contributed by atoms with Crippen molar-refractivity contribution in [1.29, 1.82) is 0 Å². The summed E-state index contributed by atoms with van der Waals surface area (Å²) in [6.07, 6.45) is 8.56. The second-order valence-electron chi connectivity index (χ2n) is 25.6. The molecule has 0 bridgehead atoms. The van der Waals surface area contributed by atoms with Crippen molar-refractivity contribution in [3.63, 3.8) is 0 Å². The van der Waals surface area contributed by atoms with Gasteiger partial charge >= 0.3 is 25.7 Å². The average Bonchev–Trinajstić information content (AvgIpc) is 0.784. The highest BCUT2D eigenvalue weighted by atomic mass is 31.2. The van der Waals surface area contributed by atoms with Gasteiger partial charge < -0.3 is 89.1 Å². The van der Waals surface area contributed by atoms with E-state index in [1.807, 2.05) is 0 Å². The molecule has 0 aromatic carbocycles. The second kappa shape index (κ2) is 50.7. The quantitative estimate of drug-likeness (QED) is 0.00892. The van der Waals surface area contributed by atoms with Gasteiger partial charge in [-0.2, -0.15) is 0 Å². The number of phosphoric acid groups is 1. The third-order valence-electron chi connectivity index (χ3n) is 17.5. The first-order chi connectivity index (χ1) is 44.8. The summed E-state index contributed by atoms with van der Waals surface area (Å²) in [7, 11) is -5.69. The minimum absolute atomic E-state index is 0.00761. The Balaban J connectivity index is 1.76. The standard InChI is InChI=1S/C68H123O24P/c1-4-7-10-13-16-19-22-24-26-29-30-33-36-39-42-52(70)84-46-49(87-54(72)44-41-38-35-32-27-21-18-15-12-9-6-3)47-86-93(82,83)92-66-64(90-67-62(80)57(75)55(73)50(45-69)88-67)60(78)59(77)61(79)65(66)91-68-63(81)58(76)56(74)51(89-68)48-85-53(71)43-40-37-34-31-28-25-23-20-17-14-11-8-5-2/h25-26,28-29,49-51,55-69,73-81H,4-24,27,30-48H2,1-3H3,(H,82,83)/b28-25-,29-26-. The molecule has 0 spiro atoms. The van der Waals surface area contributed by atoms with Crippen molar-refractivity contribution >= 4 is 25.7 Å². The molecule has 18 atom stereocenters. The highest BCUT2D eigenvalue weighted by molar-refractivity contribution is 7.47. The van der Waals surface area contributed by atoms with Gasteiger partial charge in [0.25, 0.3) is 0 Å². The molecule has 3 aliphatic rings. The summed E-state index contributed by atoms with van der Waals surface area (Å²) in [5.74, 6) is -2.03. The minimum atomic E-state index is -5.69. The van der Waals surface area contributed by atoms with Crippen molar-refractivity contribution in [2.45, 2.75) is 362 Å². The van der Waals surface area contributed by atoms with E-state index >= 15 is 0 Å². The number of ether oxygens (including phenoxy) is 7. The maximum Gasteiger partial charge on any atom is 0.472 e. The maximum absolute atomic E-state index is 14.3. The lowest BCUT2D eigenvalue weighted by molar-refractivity contribution is -0.360. The topological polar surface area (TPSA) is 374 Å². The van der Waals surface area contributed by atoms with Gasteiger partial charge in [-0.3, -0.25) is 23.4 Å². The van der Waals surface area contributed by atoms with E-state index in [0.29, 0.717) is 19.3 Å². The van der Waals surface area contributed by atoms with E-state index in [4.69, 9.17) is 42.2 Å². The largest absolute Gasteiger partial charge is 0.472 e. The molecule has 25 heteroatoms. The number of aliphatic hydroxyl groups excluding tert-OH is 10. The molecule has 18 unspecified atom stereocenters. The SMILES string of the molecule is CCCCCCCC/C=C\CCCCCC(=O)OCC1OC(OC2C(O)C(O)C(O)C(OC3OC(CO)C(O)C(O)C3O)C2OP(=O)(O)OCC(COC(=O)CCCCC/C=C\CCCCCCCCC)OC(=O)CCCCCCCCCCCCC)C(O)C(O)C1O. The van der Waals surface area contributed by atoms with E-state index in [0.717, 1.165) is 96.3 Å². The first-order valence-electron chi connectivity index (χ1n) is 35.6. The molecule has 0 aromatic rings. The summed E-state index contributed by atoms with van der Waals surface area (Å²) in [6, 6.07) is 0. The summed E-state index contributed by atoms with van der Waals surface area (Å²) in [4.78, 5) is 50.8. The highest BCUT2D eigenvalue weighted by Crippen LogP contribution is 2.49. The molecular formula is C68H123O24P. The Morgan fingerprint density at radius 2 is 0.753 bits per heavy atom. The van der Waals surface area contributed by atoms with E-state index < -0.39 is 156 Å². The Bertz CT molecular complexity index is 2040. The molecule has 1 aliphatic carbocycles. The van der Waals surface area contributed by atoms with Crippen LogP contribution in [0.2, 0.25) is 0 Å². The fraction of sp³-hybridized carbons (Fsp3) is 0.897. The predicted molar refractivity (Wildman–Crippen MR) is 347 cm³/mol. The van der Waals surface area contributed by atoms with Crippen LogP contribution in [0.15, 0.2) is 24.3 Å². The molecule has 0 aromatic heterocycles. The zero-order valence-corrected chi connectivity index (χ0v) is 57.2. The maximum atomic E-state index is 14.3. The number of unbranched alkanes of at least 4 members (excludes halogenated alkanes) is 29. The molecule has 2 heterocycles. The van der Waals surface area contributed by atoms with Crippen molar-refractivity contribution in [3.8, 4) is 0 Å². The smallest absolute Gasteiger partial charge is 0.463 e. The number of allylic oxidation sites excluding steroid dienone is 4. The number of rotatable bonds is 54. The molecule has 3 fully saturated rings. The number of hydrogen-bond donors (Lipinski definition) is 11. The number of carbonyl (C=O) groups excluding carboxylic acids is 3. The van der Waals surface area contributed by atoms with Crippen molar-refractivity contribution in [2.24, 2.45) is 0 Å². The van der Waals surface area contributed by atoms with E-state index in [1.165, 1.54) is 103 Å². The van der Waals surface area contributed by atoms with Gasteiger partial charge in [0, 0.05) is 19.3 Å². The number of esters is 3. The number of phosphoric ester groups is 1. The monoisotopic (exact) mass is 1350 g/mol. The summed E-state index contributed by atoms with van der Waals surface area (Å²) >= 11 is 0. The van der Waals surface area contributed by atoms with Crippen LogP contribution in [-0.4, -0.2) is 204 Å². The van der Waals surface area contributed by atoms with Gasteiger partial charge in [0.05, 0.1) is 13.2 Å². The molecule has 93 heavy (non-hydrogen) atoms. The molecule has 2 saturated heterocycles. The zero-order valence-electron chi connectivity index (χ0n) is 56.3. The third-order valence-corrected chi connectivity index (χ3v) is 18.4. The molecule has 2 aliphatic heterocycles. The van der Waals surface area contributed by atoms with Crippen molar-refractivity contribution in [3.05, 3.63) is 24.3 Å². The van der Waals surface area contributed by atoms with Crippen molar-refractivity contribution < 1.29 is 117 Å². The van der Waals surface area contributed by atoms with Gasteiger partial charge in [-0.25, -0.2) is 4.57 Å². The Labute approximate surface area is 554 Å². The molecular weight excluding hydrogens is 1230 g/mol. The first kappa shape index (κ1) is 84.7. The van der Waals surface area contributed by atoms with Crippen LogP contribution in [0.4, 0.5) is 0 Å². The van der Waals surface area contributed by atoms with Crippen LogP contribution >= 0.6 is 7.82 Å². The molecule has 0 amide bonds. The van der Waals surface area contributed by atoms with Crippen LogP contribution in [0.25, 0.3) is 0 Å². The summed E-state index contributed by atoms with van der Waals surface area (Å²) in [6.45, 7) is 3.36. The van der Waals surface area contributed by atoms with Gasteiger partial charge in [0.1, 0.15) is 98.7 Å². The fourth-order valence-electron chi connectivity index (χ4n) is 11.6. The van der Waals surface area contributed by atoms with Gasteiger partial charge in [-0.05, 0) is 70.6 Å². The van der Waals surface area contributed by atoms with Gasteiger partial charge in [0.15, 0.2) is 18.7 Å². The molecule has 1 saturated carbocycles. The normalized spacial score (nSPS) is 28.6. The third kappa shape index (κ3) is 34.7. The predicted octanol–water partition coefficient (Wildman–Crippen LogP) is 8.57. The zero-order chi connectivity index (χ0) is 68.2. The van der Waals surface area contributed by atoms with Crippen LogP contribution in [0.5, 0.6) is 0 Å². The first-order valence-corrected chi connectivity index (χ1v) is 37.1. The van der Waals surface area contributed by atoms with Gasteiger partial charge in [-0.15, -0.1) is 0 Å². The van der Waals surface area contributed by atoms with E-state index in [9.17, 15) is 74.9 Å². The van der Waals surface area contributed by atoms with E-state index in [1.54, 1.807) is 0 Å². The lowest BCUT2D eigenvalue weighted by Gasteiger charge is -2.49. The van der Waals surface area contributed by atoms with E-state index in [-0.39, 0.29) is 19.3 Å². The van der Waals surface area contributed by atoms with Crippen molar-refractivity contribution in [2.75, 3.05) is 26.4 Å². The molecule has 0 radical (unpaired) electrons. The van der Waals surface area contributed by atoms with Crippen LogP contribution in [-0.2, 0) is 61.2 Å². The summed E-state index contributed by atoms with van der Waals surface area (Å²) in [5.41, 5.74) is 0. The van der Waals surface area contributed by atoms with Crippen LogP contribution < -0.4 is 0 Å². The van der Waals surface area contributed by atoms with Crippen LogP contribution in [0.3, 0.4) is 0 Å². The fourth-order valence-corrected chi connectivity index (χ4v) is 12.5. The molecule has 24 nitrogen and oxygen atoms in total. The molecule has 3 rings (SSSR count). The van der Waals surface area contributed by atoms with Crippen LogP contribution in [0, 0.1) is 0 Å². The minimum Gasteiger partial charge on any atom is -0.463 e. The average molecular weight is 1360 g/mol. The summed E-state index contributed by atoms with van der Waals surface area (Å²) < 4.78 is 64.8. The molecule has 544 valence electrons. The Morgan fingerprint density at radius 1 is 0.409 bits per heavy atom. The Kier molecular flexibility index (Phi) is 46.2. The number of carbonyl (C=O) groups is 3. The lowest BCUT2D eigenvalue weighted by Crippen LogP contribution is -2.69.